The highest BCUT2D eigenvalue weighted by atomic mass is 35.5. The van der Waals surface area contributed by atoms with Gasteiger partial charge in [-0.1, -0.05) is 30.2 Å². The Morgan fingerprint density at radius 1 is 1.47 bits per heavy atom. The molecule has 0 bridgehead atoms. The SMILES string of the molecule is Cc1ccc(CC2CCCC2C(=O)O)c(Cl)c1. The second-order valence-electron chi connectivity index (χ2n) is 4.93. The van der Waals surface area contributed by atoms with Gasteiger partial charge in [0, 0.05) is 5.02 Å². The van der Waals surface area contributed by atoms with Crippen LogP contribution in [0, 0.1) is 18.8 Å². The van der Waals surface area contributed by atoms with E-state index in [2.05, 4.69) is 0 Å². The van der Waals surface area contributed by atoms with E-state index in [1.165, 1.54) is 0 Å². The molecule has 1 aliphatic rings. The van der Waals surface area contributed by atoms with Gasteiger partial charge in [0.15, 0.2) is 0 Å². The summed E-state index contributed by atoms with van der Waals surface area (Å²) in [6, 6.07) is 6.00. The minimum Gasteiger partial charge on any atom is -0.481 e. The number of hydrogen-bond acceptors (Lipinski definition) is 1. The topological polar surface area (TPSA) is 37.3 Å². The predicted molar refractivity (Wildman–Crippen MR) is 68.4 cm³/mol. The Morgan fingerprint density at radius 2 is 2.24 bits per heavy atom. The zero-order chi connectivity index (χ0) is 12.4. The molecule has 1 saturated carbocycles. The lowest BCUT2D eigenvalue weighted by atomic mass is 9.89. The lowest BCUT2D eigenvalue weighted by Gasteiger charge is -2.16. The van der Waals surface area contributed by atoms with Crippen molar-refractivity contribution in [3.8, 4) is 0 Å². The largest absolute Gasteiger partial charge is 0.481 e. The quantitative estimate of drug-likeness (QED) is 0.891. The molecule has 92 valence electrons. The van der Waals surface area contributed by atoms with Crippen molar-refractivity contribution in [2.75, 3.05) is 0 Å². The summed E-state index contributed by atoms with van der Waals surface area (Å²) in [5.41, 5.74) is 2.22. The third-order valence-electron chi connectivity index (χ3n) is 3.67. The summed E-state index contributed by atoms with van der Waals surface area (Å²) in [4.78, 5) is 11.1. The van der Waals surface area contributed by atoms with Crippen LogP contribution in [0.1, 0.15) is 30.4 Å². The van der Waals surface area contributed by atoms with E-state index in [9.17, 15) is 4.79 Å². The van der Waals surface area contributed by atoms with Gasteiger partial charge in [0.25, 0.3) is 0 Å². The lowest BCUT2D eigenvalue weighted by molar-refractivity contribution is -0.142. The summed E-state index contributed by atoms with van der Waals surface area (Å²) in [6.07, 6.45) is 3.62. The number of rotatable bonds is 3. The number of halogens is 1. The molecule has 17 heavy (non-hydrogen) atoms. The highest BCUT2D eigenvalue weighted by Crippen LogP contribution is 2.35. The molecule has 1 fully saturated rings. The second-order valence-corrected chi connectivity index (χ2v) is 5.34. The monoisotopic (exact) mass is 252 g/mol. The minimum atomic E-state index is -0.657. The number of carboxylic acid groups (broad SMARTS) is 1. The highest BCUT2D eigenvalue weighted by Gasteiger charge is 2.32. The molecule has 0 saturated heterocycles. The van der Waals surface area contributed by atoms with Crippen molar-refractivity contribution < 1.29 is 9.90 Å². The van der Waals surface area contributed by atoms with E-state index in [0.717, 1.165) is 41.8 Å². The van der Waals surface area contributed by atoms with E-state index >= 15 is 0 Å². The Labute approximate surface area is 107 Å². The number of hydrogen-bond donors (Lipinski definition) is 1. The number of carbonyl (C=O) groups is 1. The number of aliphatic carboxylic acids is 1. The summed E-state index contributed by atoms with van der Waals surface area (Å²) in [6.45, 7) is 2.01. The summed E-state index contributed by atoms with van der Waals surface area (Å²) >= 11 is 6.19. The Bertz CT molecular complexity index is 428. The van der Waals surface area contributed by atoms with Gasteiger partial charge < -0.3 is 5.11 Å². The molecule has 1 aliphatic carbocycles. The molecule has 0 amide bonds. The first kappa shape index (κ1) is 12.4. The Hall–Kier alpha value is -1.02. The zero-order valence-electron chi connectivity index (χ0n) is 9.95. The van der Waals surface area contributed by atoms with Crippen LogP contribution in [0.15, 0.2) is 18.2 Å². The first-order valence-electron chi connectivity index (χ1n) is 6.06. The summed E-state index contributed by atoms with van der Waals surface area (Å²) in [5.74, 6) is -0.601. The number of benzene rings is 1. The zero-order valence-corrected chi connectivity index (χ0v) is 10.7. The molecule has 1 N–H and O–H groups in total. The standard InChI is InChI=1S/C14H17ClO2/c1-9-5-6-11(13(15)7-9)8-10-3-2-4-12(10)14(16)17/h5-7,10,12H,2-4,8H2,1H3,(H,16,17). The van der Waals surface area contributed by atoms with Crippen LogP contribution in [0.25, 0.3) is 0 Å². The van der Waals surface area contributed by atoms with Crippen LogP contribution in [0.5, 0.6) is 0 Å². The summed E-state index contributed by atoms with van der Waals surface area (Å²) in [7, 11) is 0. The molecule has 2 atom stereocenters. The Kier molecular flexibility index (Phi) is 3.72. The van der Waals surface area contributed by atoms with E-state index in [0.29, 0.717) is 0 Å². The van der Waals surface area contributed by atoms with Gasteiger partial charge in [-0.15, -0.1) is 0 Å². The molecule has 2 rings (SSSR count). The van der Waals surface area contributed by atoms with E-state index in [-0.39, 0.29) is 11.8 Å². The van der Waals surface area contributed by atoms with Crippen LogP contribution in [-0.4, -0.2) is 11.1 Å². The second kappa shape index (κ2) is 5.09. The van der Waals surface area contributed by atoms with E-state index < -0.39 is 5.97 Å². The molecule has 0 spiro atoms. The van der Waals surface area contributed by atoms with Gasteiger partial charge in [0.05, 0.1) is 5.92 Å². The smallest absolute Gasteiger partial charge is 0.306 e. The van der Waals surface area contributed by atoms with Crippen molar-refractivity contribution in [3.63, 3.8) is 0 Å². The molecule has 1 aromatic carbocycles. The van der Waals surface area contributed by atoms with Gasteiger partial charge in [0.2, 0.25) is 0 Å². The van der Waals surface area contributed by atoms with Crippen LogP contribution >= 0.6 is 11.6 Å². The fourth-order valence-corrected chi connectivity index (χ4v) is 3.02. The first-order chi connectivity index (χ1) is 8.08. The first-order valence-corrected chi connectivity index (χ1v) is 6.43. The average Bonchev–Trinajstić information content (AvgIpc) is 2.70. The molecule has 0 radical (unpaired) electrons. The maximum Gasteiger partial charge on any atom is 0.306 e. The molecular formula is C14H17ClO2. The molecule has 3 heteroatoms. The predicted octanol–water partition coefficient (Wildman–Crippen LogP) is 3.69. The lowest BCUT2D eigenvalue weighted by Crippen LogP contribution is -2.20. The molecule has 0 aliphatic heterocycles. The Morgan fingerprint density at radius 3 is 2.88 bits per heavy atom. The maximum absolute atomic E-state index is 11.1. The van der Waals surface area contributed by atoms with Crippen LogP contribution < -0.4 is 0 Å². The van der Waals surface area contributed by atoms with Crippen molar-refractivity contribution in [1.82, 2.24) is 0 Å². The number of carboxylic acids is 1. The fraction of sp³-hybridized carbons (Fsp3) is 0.500. The fourth-order valence-electron chi connectivity index (χ4n) is 2.71. The van der Waals surface area contributed by atoms with Gasteiger partial charge in [-0.2, -0.15) is 0 Å². The molecule has 0 aromatic heterocycles. The third-order valence-corrected chi connectivity index (χ3v) is 4.02. The van der Waals surface area contributed by atoms with Crippen LogP contribution in [-0.2, 0) is 11.2 Å². The van der Waals surface area contributed by atoms with E-state index in [4.69, 9.17) is 16.7 Å². The maximum atomic E-state index is 11.1. The van der Waals surface area contributed by atoms with Crippen molar-refractivity contribution in [3.05, 3.63) is 34.3 Å². The molecule has 1 aromatic rings. The molecular weight excluding hydrogens is 236 g/mol. The average molecular weight is 253 g/mol. The van der Waals surface area contributed by atoms with Gasteiger partial charge in [-0.05, 0) is 49.3 Å². The van der Waals surface area contributed by atoms with Crippen LogP contribution in [0.2, 0.25) is 5.02 Å². The van der Waals surface area contributed by atoms with Crippen LogP contribution in [0.3, 0.4) is 0 Å². The molecule has 0 heterocycles. The van der Waals surface area contributed by atoms with Gasteiger partial charge in [-0.25, -0.2) is 0 Å². The van der Waals surface area contributed by atoms with Gasteiger partial charge in [-0.3, -0.25) is 4.79 Å². The van der Waals surface area contributed by atoms with Crippen molar-refractivity contribution in [2.24, 2.45) is 11.8 Å². The highest BCUT2D eigenvalue weighted by molar-refractivity contribution is 6.31. The van der Waals surface area contributed by atoms with Gasteiger partial charge in [0.1, 0.15) is 0 Å². The minimum absolute atomic E-state index is 0.188. The van der Waals surface area contributed by atoms with E-state index in [1.54, 1.807) is 0 Å². The van der Waals surface area contributed by atoms with Crippen LogP contribution in [0.4, 0.5) is 0 Å². The normalized spacial score (nSPS) is 23.9. The van der Waals surface area contributed by atoms with E-state index in [1.807, 2.05) is 25.1 Å². The Balaban J connectivity index is 2.12. The third kappa shape index (κ3) is 2.81. The van der Waals surface area contributed by atoms with Crippen molar-refractivity contribution in [2.45, 2.75) is 32.6 Å². The summed E-state index contributed by atoms with van der Waals surface area (Å²) in [5, 5.41) is 9.91. The van der Waals surface area contributed by atoms with Gasteiger partial charge >= 0.3 is 5.97 Å². The summed E-state index contributed by atoms with van der Waals surface area (Å²) < 4.78 is 0. The van der Waals surface area contributed by atoms with Crippen molar-refractivity contribution >= 4 is 17.6 Å². The number of aryl methyl sites for hydroxylation is 1. The molecule has 2 nitrogen and oxygen atoms in total. The van der Waals surface area contributed by atoms with Crippen molar-refractivity contribution in [1.29, 1.82) is 0 Å². The molecule has 2 unspecified atom stereocenters.